The molecule has 182 valence electrons. The smallest absolute Gasteiger partial charge is 0.260 e. The molecular weight excluding hydrogens is 434 g/mol. The molecule has 0 saturated carbocycles. The third-order valence-electron chi connectivity index (χ3n) is 6.27. The first-order chi connectivity index (χ1) is 16.6. The molecule has 2 aliphatic rings. The average Bonchev–Trinajstić information content (AvgIpc) is 3.13. The van der Waals surface area contributed by atoms with Crippen molar-refractivity contribution in [3.05, 3.63) is 60.2 Å². The molecule has 0 aromatic heterocycles. The van der Waals surface area contributed by atoms with Gasteiger partial charge in [0.15, 0.2) is 6.61 Å². The van der Waals surface area contributed by atoms with Gasteiger partial charge >= 0.3 is 0 Å². The number of nitrogens with zero attached hydrogens (tertiary/aromatic N) is 3. The summed E-state index contributed by atoms with van der Waals surface area (Å²) in [5, 5.41) is 0. The predicted molar refractivity (Wildman–Crippen MR) is 128 cm³/mol. The number of rotatable bonds is 7. The highest BCUT2D eigenvalue weighted by molar-refractivity contribution is 5.94. The quantitative estimate of drug-likeness (QED) is 0.622. The van der Waals surface area contributed by atoms with E-state index < -0.39 is 0 Å². The standard InChI is InChI=1S/C26H33N3O5/c1-32-22-10-8-21(9-11-22)26(31)29-16-17-33-24(19-29)18-27-12-5-13-28(15-14-27)25(30)20-34-23-6-3-2-4-7-23/h2-4,6-11,24H,5,12-20H2,1H3. The van der Waals surface area contributed by atoms with Gasteiger partial charge in [0.05, 0.1) is 19.8 Å². The van der Waals surface area contributed by atoms with Gasteiger partial charge in [-0.05, 0) is 49.4 Å². The van der Waals surface area contributed by atoms with Crippen LogP contribution in [-0.4, -0.2) is 98.8 Å². The van der Waals surface area contributed by atoms with Crippen molar-refractivity contribution >= 4 is 11.8 Å². The third kappa shape index (κ3) is 6.48. The van der Waals surface area contributed by atoms with Gasteiger partial charge in [0, 0.05) is 44.8 Å². The van der Waals surface area contributed by atoms with E-state index in [-0.39, 0.29) is 24.5 Å². The maximum Gasteiger partial charge on any atom is 0.260 e. The van der Waals surface area contributed by atoms with Crippen LogP contribution in [0.5, 0.6) is 11.5 Å². The summed E-state index contributed by atoms with van der Waals surface area (Å²) in [4.78, 5) is 31.6. The molecule has 0 radical (unpaired) electrons. The second-order valence-electron chi connectivity index (χ2n) is 8.61. The van der Waals surface area contributed by atoms with Gasteiger partial charge in [-0.15, -0.1) is 0 Å². The van der Waals surface area contributed by atoms with Gasteiger partial charge in [-0.25, -0.2) is 0 Å². The number of carbonyl (C=O) groups excluding carboxylic acids is 2. The predicted octanol–water partition coefficient (Wildman–Crippen LogP) is 2.15. The summed E-state index contributed by atoms with van der Waals surface area (Å²) >= 11 is 0. The van der Waals surface area contributed by atoms with E-state index in [1.807, 2.05) is 40.1 Å². The molecule has 2 heterocycles. The van der Waals surface area contributed by atoms with Gasteiger partial charge in [0.1, 0.15) is 11.5 Å². The number of benzene rings is 2. The number of morpholine rings is 1. The lowest BCUT2D eigenvalue weighted by molar-refractivity contribution is -0.133. The Morgan fingerprint density at radius 3 is 2.47 bits per heavy atom. The van der Waals surface area contributed by atoms with Crippen LogP contribution in [0.25, 0.3) is 0 Å². The maximum atomic E-state index is 12.9. The molecule has 1 unspecified atom stereocenters. The number of carbonyl (C=O) groups is 2. The Morgan fingerprint density at radius 2 is 1.71 bits per heavy atom. The summed E-state index contributed by atoms with van der Waals surface area (Å²) in [5.41, 5.74) is 0.656. The maximum absolute atomic E-state index is 12.9. The lowest BCUT2D eigenvalue weighted by Gasteiger charge is -2.35. The first-order valence-corrected chi connectivity index (χ1v) is 11.9. The van der Waals surface area contributed by atoms with E-state index in [9.17, 15) is 9.59 Å². The van der Waals surface area contributed by atoms with Crippen molar-refractivity contribution < 1.29 is 23.8 Å². The monoisotopic (exact) mass is 467 g/mol. The number of hydrogen-bond donors (Lipinski definition) is 0. The van der Waals surface area contributed by atoms with Crippen LogP contribution in [0.4, 0.5) is 0 Å². The Hall–Kier alpha value is -3.10. The van der Waals surface area contributed by atoms with Crippen LogP contribution >= 0.6 is 0 Å². The van der Waals surface area contributed by atoms with Gasteiger partial charge in [-0.3, -0.25) is 14.5 Å². The van der Waals surface area contributed by atoms with E-state index in [4.69, 9.17) is 14.2 Å². The lowest BCUT2D eigenvalue weighted by Crippen LogP contribution is -2.50. The zero-order valence-electron chi connectivity index (χ0n) is 19.7. The highest BCUT2D eigenvalue weighted by Gasteiger charge is 2.28. The van der Waals surface area contributed by atoms with Crippen molar-refractivity contribution in [2.45, 2.75) is 12.5 Å². The summed E-state index contributed by atoms with van der Waals surface area (Å²) in [5.74, 6) is 1.46. The van der Waals surface area contributed by atoms with Gasteiger partial charge in [0.25, 0.3) is 11.8 Å². The first-order valence-electron chi connectivity index (χ1n) is 11.9. The van der Waals surface area contributed by atoms with Crippen molar-refractivity contribution in [2.75, 3.05) is 66.1 Å². The molecule has 34 heavy (non-hydrogen) atoms. The van der Waals surface area contributed by atoms with E-state index in [2.05, 4.69) is 4.90 Å². The van der Waals surface area contributed by atoms with Crippen LogP contribution in [0.3, 0.4) is 0 Å². The molecule has 2 aliphatic heterocycles. The van der Waals surface area contributed by atoms with Crippen molar-refractivity contribution in [1.29, 1.82) is 0 Å². The van der Waals surface area contributed by atoms with E-state index in [1.54, 1.807) is 31.4 Å². The molecule has 8 heteroatoms. The Balaban J connectivity index is 1.24. The molecule has 0 spiro atoms. The normalized spacial score (nSPS) is 19.4. The van der Waals surface area contributed by atoms with Crippen molar-refractivity contribution in [1.82, 2.24) is 14.7 Å². The van der Waals surface area contributed by atoms with Crippen molar-refractivity contribution in [3.63, 3.8) is 0 Å². The molecule has 1 atom stereocenters. The number of amides is 2. The minimum atomic E-state index is -0.0420. The second-order valence-corrected chi connectivity index (χ2v) is 8.61. The van der Waals surface area contributed by atoms with Crippen LogP contribution < -0.4 is 9.47 Å². The molecule has 2 fully saturated rings. The molecular formula is C26H33N3O5. The molecule has 2 aromatic rings. The molecule has 2 saturated heterocycles. The number of para-hydroxylation sites is 1. The highest BCUT2D eigenvalue weighted by atomic mass is 16.5. The van der Waals surface area contributed by atoms with E-state index >= 15 is 0 Å². The molecule has 0 N–H and O–H groups in total. The first kappa shape index (κ1) is 24.0. The Kier molecular flexibility index (Phi) is 8.38. The number of ether oxygens (including phenoxy) is 3. The lowest BCUT2D eigenvalue weighted by atomic mass is 10.1. The second kappa shape index (κ2) is 11.9. The number of hydrogen-bond acceptors (Lipinski definition) is 6. The van der Waals surface area contributed by atoms with E-state index in [0.717, 1.165) is 38.3 Å². The third-order valence-corrected chi connectivity index (χ3v) is 6.27. The zero-order valence-corrected chi connectivity index (χ0v) is 19.7. The molecule has 0 bridgehead atoms. The van der Waals surface area contributed by atoms with Crippen LogP contribution in [0.2, 0.25) is 0 Å². The molecule has 0 aliphatic carbocycles. The van der Waals surface area contributed by atoms with Crippen LogP contribution in [-0.2, 0) is 9.53 Å². The summed E-state index contributed by atoms with van der Waals surface area (Å²) in [7, 11) is 1.61. The largest absolute Gasteiger partial charge is 0.497 e. The van der Waals surface area contributed by atoms with Crippen LogP contribution in [0.1, 0.15) is 16.8 Å². The van der Waals surface area contributed by atoms with Gasteiger partial charge < -0.3 is 24.0 Å². The van der Waals surface area contributed by atoms with Gasteiger partial charge in [-0.2, -0.15) is 0 Å². The van der Waals surface area contributed by atoms with Crippen molar-refractivity contribution in [2.24, 2.45) is 0 Å². The summed E-state index contributed by atoms with van der Waals surface area (Å²) in [6.45, 7) is 5.55. The highest BCUT2D eigenvalue weighted by Crippen LogP contribution is 2.16. The van der Waals surface area contributed by atoms with Crippen LogP contribution in [0, 0.1) is 0 Å². The molecule has 8 nitrogen and oxygen atoms in total. The Morgan fingerprint density at radius 1 is 0.912 bits per heavy atom. The Labute approximate surface area is 201 Å². The molecule has 2 aromatic carbocycles. The topological polar surface area (TPSA) is 71.5 Å². The molecule has 4 rings (SSSR count). The fraction of sp³-hybridized carbons (Fsp3) is 0.462. The van der Waals surface area contributed by atoms with Crippen molar-refractivity contribution in [3.8, 4) is 11.5 Å². The van der Waals surface area contributed by atoms with Crippen LogP contribution in [0.15, 0.2) is 54.6 Å². The zero-order chi connectivity index (χ0) is 23.8. The average molecular weight is 468 g/mol. The summed E-state index contributed by atoms with van der Waals surface area (Å²) in [6, 6.07) is 16.6. The fourth-order valence-corrected chi connectivity index (χ4v) is 4.37. The summed E-state index contributed by atoms with van der Waals surface area (Å²) < 4.78 is 16.8. The van der Waals surface area contributed by atoms with E-state index in [0.29, 0.717) is 37.6 Å². The SMILES string of the molecule is COc1ccc(C(=O)N2CCOC(CN3CCCN(C(=O)COc4ccccc4)CC3)C2)cc1. The summed E-state index contributed by atoms with van der Waals surface area (Å²) in [6.07, 6.45) is 0.859. The van der Waals surface area contributed by atoms with Gasteiger partial charge in [0.2, 0.25) is 0 Å². The minimum absolute atomic E-state index is 0.0101. The van der Waals surface area contributed by atoms with E-state index in [1.165, 1.54) is 0 Å². The van der Waals surface area contributed by atoms with Gasteiger partial charge in [-0.1, -0.05) is 18.2 Å². The minimum Gasteiger partial charge on any atom is -0.497 e. The Bertz CT molecular complexity index is 937. The fourth-order valence-electron chi connectivity index (χ4n) is 4.37. The molecule has 2 amide bonds. The number of methoxy groups -OCH3 is 1.